The highest BCUT2D eigenvalue weighted by Gasteiger charge is 2.34. The van der Waals surface area contributed by atoms with E-state index < -0.39 is 21.6 Å². The van der Waals surface area contributed by atoms with Crippen LogP contribution in [0.15, 0.2) is 17.0 Å². The molecule has 1 saturated heterocycles. The SMILES string of the molecule is C[C@@H]1CN(S(=O)(=O)c2cc(C(=O)[O-])c(Cl)cc2Cl)C[C@H](C)O1. The number of carboxylic acid groups (broad SMARTS) is 1. The summed E-state index contributed by atoms with van der Waals surface area (Å²) < 4.78 is 32.1. The van der Waals surface area contributed by atoms with Crippen LogP contribution in [0.3, 0.4) is 0 Å². The Hall–Kier alpha value is -0.860. The molecule has 0 aromatic heterocycles. The highest BCUT2D eigenvalue weighted by molar-refractivity contribution is 7.89. The Bertz CT molecular complexity index is 697. The Labute approximate surface area is 138 Å². The molecule has 0 saturated carbocycles. The van der Waals surface area contributed by atoms with Crippen LogP contribution in [-0.4, -0.2) is 44.0 Å². The number of rotatable bonds is 3. The molecule has 1 aromatic carbocycles. The summed E-state index contributed by atoms with van der Waals surface area (Å²) in [4.78, 5) is 10.7. The molecular formula is C13H14Cl2NO5S-. The topological polar surface area (TPSA) is 86.7 Å². The molecule has 1 aliphatic heterocycles. The first-order valence-corrected chi connectivity index (χ1v) is 8.68. The number of sulfonamides is 1. The van der Waals surface area contributed by atoms with E-state index in [0.717, 1.165) is 12.1 Å². The maximum atomic E-state index is 12.7. The van der Waals surface area contributed by atoms with Crippen molar-refractivity contribution in [3.63, 3.8) is 0 Å². The van der Waals surface area contributed by atoms with E-state index >= 15 is 0 Å². The summed E-state index contributed by atoms with van der Waals surface area (Å²) in [7, 11) is -3.96. The van der Waals surface area contributed by atoms with Gasteiger partial charge in [0.2, 0.25) is 10.0 Å². The molecular weight excluding hydrogens is 353 g/mol. The lowest BCUT2D eigenvalue weighted by Crippen LogP contribution is -2.48. The fraction of sp³-hybridized carbons (Fsp3) is 0.462. The number of carbonyl (C=O) groups excluding carboxylic acids is 1. The summed E-state index contributed by atoms with van der Waals surface area (Å²) in [6.45, 7) is 3.83. The zero-order valence-electron chi connectivity index (χ0n) is 11.9. The van der Waals surface area contributed by atoms with E-state index in [2.05, 4.69) is 0 Å². The minimum atomic E-state index is -3.96. The summed E-state index contributed by atoms with van der Waals surface area (Å²) in [6, 6.07) is 2.02. The van der Waals surface area contributed by atoms with Crippen LogP contribution in [0.4, 0.5) is 0 Å². The third-order valence-electron chi connectivity index (χ3n) is 3.25. The van der Waals surface area contributed by atoms with E-state index in [-0.39, 0.29) is 40.2 Å². The molecule has 122 valence electrons. The van der Waals surface area contributed by atoms with Crippen LogP contribution in [0.25, 0.3) is 0 Å². The van der Waals surface area contributed by atoms with Gasteiger partial charge in [0.05, 0.1) is 28.2 Å². The van der Waals surface area contributed by atoms with Gasteiger partial charge < -0.3 is 14.6 Å². The average Bonchev–Trinajstić information content (AvgIpc) is 2.36. The zero-order chi connectivity index (χ0) is 16.7. The Kier molecular flexibility index (Phi) is 5.03. The van der Waals surface area contributed by atoms with Gasteiger partial charge in [-0.15, -0.1) is 0 Å². The van der Waals surface area contributed by atoms with Crippen LogP contribution in [0, 0.1) is 0 Å². The Morgan fingerprint density at radius 1 is 1.23 bits per heavy atom. The third kappa shape index (κ3) is 3.38. The summed E-state index contributed by atoms with van der Waals surface area (Å²) in [5.74, 6) is -1.57. The molecule has 9 heteroatoms. The largest absolute Gasteiger partial charge is 0.545 e. The van der Waals surface area contributed by atoms with Crippen molar-refractivity contribution in [2.75, 3.05) is 13.1 Å². The van der Waals surface area contributed by atoms with Gasteiger partial charge in [-0.3, -0.25) is 0 Å². The number of carboxylic acids is 1. The number of aromatic carboxylic acids is 1. The minimum absolute atomic E-state index is 0.137. The molecule has 1 heterocycles. The number of nitrogens with zero attached hydrogens (tertiary/aromatic N) is 1. The summed E-state index contributed by atoms with van der Waals surface area (Å²) >= 11 is 11.7. The minimum Gasteiger partial charge on any atom is -0.545 e. The fourth-order valence-electron chi connectivity index (χ4n) is 2.35. The highest BCUT2D eigenvalue weighted by Crippen LogP contribution is 2.31. The second-order valence-corrected chi connectivity index (χ2v) is 7.85. The van der Waals surface area contributed by atoms with Crippen LogP contribution in [0.1, 0.15) is 24.2 Å². The number of halogens is 2. The maximum Gasteiger partial charge on any atom is 0.244 e. The van der Waals surface area contributed by atoms with Crippen molar-refractivity contribution in [3.8, 4) is 0 Å². The van der Waals surface area contributed by atoms with Gasteiger partial charge in [0.25, 0.3) is 0 Å². The van der Waals surface area contributed by atoms with Crippen molar-refractivity contribution < 1.29 is 23.1 Å². The molecule has 0 spiro atoms. The number of ether oxygens (including phenoxy) is 1. The molecule has 1 aliphatic rings. The van der Waals surface area contributed by atoms with Gasteiger partial charge in [-0.2, -0.15) is 4.31 Å². The standard InChI is InChI=1S/C13H15Cl2NO5S/c1-7-5-16(6-8(2)21-7)22(19,20)12-3-9(13(17)18)10(14)4-11(12)15/h3-4,7-8H,5-6H2,1-2H3,(H,17,18)/p-1/t7-,8+. The molecule has 0 amide bonds. The van der Waals surface area contributed by atoms with Gasteiger partial charge in [0, 0.05) is 18.7 Å². The van der Waals surface area contributed by atoms with Gasteiger partial charge in [-0.1, -0.05) is 23.2 Å². The van der Waals surface area contributed by atoms with Gasteiger partial charge in [0.15, 0.2) is 0 Å². The molecule has 0 unspecified atom stereocenters. The van der Waals surface area contributed by atoms with Crippen LogP contribution in [0.5, 0.6) is 0 Å². The first-order valence-electron chi connectivity index (χ1n) is 6.49. The van der Waals surface area contributed by atoms with Gasteiger partial charge in [-0.25, -0.2) is 8.42 Å². The summed E-state index contributed by atoms with van der Waals surface area (Å²) in [5, 5.41) is 10.7. The van der Waals surface area contributed by atoms with Crippen molar-refractivity contribution >= 4 is 39.2 Å². The molecule has 0 aliphatic carbocycles. The molecule has 0 radical (unpaired) electrons. The number of morpholine rings is 1. The number of hydrogen-bond acceptors (Lipinski definition) is 5. The van der Waals surface area contributed by atoms with E-state index in [4.69, 9.17) is 27.9 Å². The lowest BCUT2D eigenvalue weighted by Gasteiger charge is -2.34. The average molecular weight is 367 g/mol. The summed E-state index contributed by atoms with van der Waals surface area (Å²) in [6.07, 6.45) is -0.546. The molecule has 22 heavy (non-hydrogen) atoms. The predicted octanol–water partition coefficient (Wildman–Crippen LogP) is 1.15. The lowest BCUT2D eigenvalue weighted by atomic mass is 10.2. The van der Waals surface area contributed by atoms with Crippen LogP contribution < -0.4 is 5.11 Å². The van der Waals surface area contributed by atoms with E-state index in [9.17, 15) is 18.3 Å². The quantitative estimate of drug-likeness (QED) is 0.800. The van der Waals surface area contributed by atoms with Crippen molar-refractivity contribution in [1.29, 1.82) is 0 Å². The van der Waals surface area contributed by atoms with Gasteiger partial charge in [-0.05, 0) is 26.0 Å². The Balaban J connectivity index is 2.49. The highest BCUT2D eigenvalue weighted by atomic mass is 35.5. The van der Waals surface area contributed by atoms with E-state index in [1.165, 1.54) is 4.31 Å². The van der Waals surface area contributed by atoms with Crippen molar-refractivity contribution in [1.82, 2.24) is 4.31 Å². The van der Waals surface area contributed by atoms with E-state index in [1.807, 2.05) is 0 Å². The molecule has 6 nitrogen and oxygen atoms in total. The van der Waals surface area contributed by atoms with E-state index in [1.54, 1.807) is 13.8 Å². The predicted molar refractivity (Wildman–Crippen MR) is 79.6 cm³/mol. The normalized spacial score (nSPS) is 23.5. The molecule has 1 aromatic rings. The van der Waals surface area contributed by atoms with Crippen molar-refractivity contribution in [2.45, 2.75) is 31.0 Å². The molecule has 1 fully saturated rings. The summed E-state index contributed by atoms with van der Waals surface area (Å²) in [5.41, 5.74) is -0.418. The smallest absolute Gasteiger partial charge is 0.244 e. The van der Waals surface area contributed by atoms with Gasteiger partial charge in [0.1, 0.15) is 4.90 Å². The number of benzene rings is 1. The first-order chi connectivity index (χ1) is 10.1. The molecule has 2 rings (SSSR count). The van der Waals surface area contributed by atoms with Crippen molar-refractivity contribution in [3.05, 3.63) is 27.7 Å². The van der Waals surface area contributed by atoms with Crippen LogP contribution >= 0.6 is 23.2 Å². The van der Waals surface area contributed by atoms with E-state index in [0.29, 0.717) is 0 Å². The number of carbonyl (C=O) groups is 1. The maximum absolute atomic E-state index is 12.7. The van der Waals surface area contributed by atoms with Crippen molar-refractivity contribution in [2.24, 2.45) is 0 Å². The van der Waals surface area contributed by atoms with Gasteiger partial charge >= 0.3 is 0 Å². The molecule has 0 N–H and O–H groups in total. The second-order valence-electron chi connectivity index (χ2n) is 5.13. The second kappa shape index (κ2) is 6.33. The molecule has 0 bridgehead atoms. The Morgan fingerprint density at radius 2 is 1.77 bits per heavy atom. The zero-order valence-corrected chi connectivity index (χ0v) is 14.2. The van der Waals surface area contributed by atoms with Crippen LogP contribution in [-0.2, 0) is 14.8 Å². The van der Waals surface area contributed by atoms with Crippen LogP contribution in [0.2, 0.25) is 10.0 Å². The third-order valence-corrected chi connectivity index (χ3v) is 5.85. The first kappa shape index (κ1) is 17.5. The Morgan fingerprint density at radius 3 is 2.27 bits per heavy atom. The number of hydrogen-bond donors (Lipinski definition) is 0. The molecule has 2 atom stereocenters. The fourth-order valence-corrected chi connectivity index (χ4v) is 4.76. The monoisotopic (exact) mass is 366 g/mol. The lowest BCUT2D eigenvalue weighted by molar-refractivity contribution is -0.255.